The van der Waals surface area contributed by atoms with Crippen LogP contribution in [0, 0.1) is 5.92 Å². The van der Waals surface area contributed by atoms with Crippen molar-refractivity contribution >= 4 is 12.1 Å². The first kappa shape index (κ1) is 19.7. The molecule has 3 heteroatoms. The molecular formula is C22H34N2O. The van der Waals surface area contributed by atoms with Crippen LogP contribution in [0.3, 0.4) is 0 Å². The number of amides is 1. The van der Waals surface area contributed by atoms with E-state index >= 15 is 0 Å². The van der Waals surface area contributed by atoms with Gasteiger partial charge in [-0.3, -0.25) is 4.79 Å². The number of hydrazone groups is 1. The topological polar surface area (TPSA) is 32.7 Å². The predicted molar refractivity (Wildman–Crippen MR) is 106 cm³/mol. The number of unbranched alkanes of at least 4 members (excludes halogenated alkanes) is 5. The minimum atomic E-state index is 0.489. The maximum atomic E-state index is 11.5. The van der Waals surface area contributed by atoms with E-state index in [9.17, 15) is 4.79 Å². The first-order valence-corrected chi connectivity index (χ1v) is 10.2. The number of nitrogens with zero attached hydrogens (tertiary/aromatic N) is 2. The van der Waals surface area contributed by atoms with Gasteiger partial charge in [-0.25, -0.2) is 5.01 Å². The summed E-state index contributed by atoms with van der Waals surface area (Å²) in [6.07, 6.45) is 14.5. The van der Waals surface area contributed by atoms with E-state index in [4.69, 9.17) is 5.10 Å². The Morgan fingerprint density at radius 3 is 2.40 bits per heavy atom. The molecule has 3 nitrogen and oxygen atoms in total. The van der Waals surface area contributed by atoms with Crippen LogP contribution in [0.1, 0.15) is 83.1 Å². The lowest BCUT2D eigenvalue weighted by atomic mass is 9.83. The number of hydrogen-bond donors (Lipinski definition) is 0. The van der Waals surface area contributed by atoms with Crippen LogP contribution in [0.4, 0.5) is 0 Å². The Bertz CT molecular complexity index is 506. The summed E-state index contributed by atoms with van der Waals surface area (Å²) in [5.74, 6) is 0.489. The summed E-state index contributed by atoms with van der Waals surface area (Å²) in [5.41, 5.74) is 2.28. The lowest BCUT2D eigenvalue weighted by Crippen LogP contribution is -2.25. The van der Waals surface area contributed by atoms with Gasteiger partial charge in [-0.1, -0.05) is 88.6 Å². The molecule has 0 radical (unpaired) electrons. The van der Waals surface area contributed by atoms with E-state index in [1.807, 2.05) is 6.07 Å². The Morgan fingerprint density at radius 2 is 1.72 bits per heavy atom. The van der Waals surface area contributed by atoms with Crippen molar-refractivity contribution < 1.29 is 4.79 Å². The predicted octanol–water partition coefficient (Wildman–Crippen LogP) is 5.79. The monoisotopic (exact) mass is 342 g/mol. The smallest absolute Gasteiger partial charge is 0.229 e. The third-order valence-corrected chi connectivity index (χ3v) is 5.16. The molecule has 0 unspecified atom stereocenters. The zero-order valence-corrected chi connectivity index (χ0v) is 15.8. The molecule has 1 aliphatic carbocycles. The van der Waals surface area contributed by atoms with Crippen molar-refractivity contribution in [2.45, 2.75) is 77.6 Å². The molecule has 0 N–H and O–H groups in total. The van der Waals surface area contributed by atoms with Gasteiger partial charge in [-0.05, 0) is 24.8 Å². The molecule has 0 bridgehead atoms. The Morgan fingerprint density at radius 1 is 1.04 bits per heavy atom. The summed E-state index contributed by atoms with van der Waals surface area (Å²) >= 11 is 0. The van der Waals surface area contributed by atoms with E-state index in [0.717, 1.165) is 25.1 Å². The van der Waals surface area contributed by atoms with Crippen molar-refractivity contribution in [2.75, 3.05) is 6.54 Å². The van der Waals surface area contributed by atoms with Gasteiger partial charge in [0, 0.05) is 12.5 Å². The molecule has 2 rings (SSSR count). The molecule has 0 heterocycles. The van der Waals surface area contributed by atoms with E-state index in [0.29, 0.717) is 5.92 Å². The van der Waals surface area contributed by atoms with Crippen LogP contribution in [-0.2, 0) is 4.79 Å². The maximum Gasteiger partial charge on any atom is 0.229 e. The van der Waals surface area contributed by atoms with E-state index in [1.165, 1.54) is 69.8 Å². The van der Waals surface area contributed by atoms with Gasteiger partial charge in [0.1, 0.15) is 0 Å². The quantitative estimate of drug-likeness (QED) is 0.217. The zero-order valence-electron chi connectivity index (χ0n) is 15.8. The highest BCUT2D eigenvalue weighted by Crippen LogP contribution is 2.28. The van der Waals surface area contributed by atoms with Crippen molar-refractivity contribution in [1.29, 1.82) is 0 Å². The Labute approximate surface area is 153 Å². The van der Waals surface area contributed by atoms with Gasteiger partial charge in [-0.2, -0.15) is 5.10 Å². The van der Waals surface area contributed by atoms with Gasteiger partial charge >= 0.3 is 0 Å². The van der Waals surface area contributed by atoms with Crippen LogP contribution >= 0.6 is 0 Å². The van der Waals surface area contributed by atoms with Crippen molar-refractivity contribution in [1.82, 2.24) is 5.01 Å². The number of carbonyl (C=O) groups excluding carboxylic acids is 1. The second-order valence-corrected chi connectivity index (χ2v) is 7.22. The van der Waals surface area contributed by atoms with Crippen LogP contribution < -0.4 is 0 Å². The fraction of sp³-hybridized carbons (Fsp3) is 0.636. The van der Waals surface area contributed by atoms with Crippen molar-refractivity contribution in [3.05, 3.63) is 35.9 Å². The zero-order chi connectivity index (χ0) is 17.7. The molecule has 1 aromatic carbocycles. The maximum absolute atomic E-state index is 11.5. The van der Waals surface area contributed by atoms with Gasteiger partial charge < -0.3 is 0 Å². The second kappa shape index (κ2) is 11.8. The summed E-state index contributed by atoms with van der Waals surface area (Å²) in [5, 5.41) is 6.44. The molecule has 1 amide bonds. The number of benzene rings is 1. The normalized spacial score (nSPS) is 16.0. The molecule has 0 atom stereocenters. The molecule has 1 saturated carbocycles. The summed E-state index contributed by atoms with van der Waals surface area (Å²) < 4.78 is 0. The van der Waals surface area contributed by atoms with E-state index in [-0.39, 0.29) is 0 Å². The van der Waals surface area contributed by atoms with Gasteiger partial charge in [0.15, 0.2) is 0 Å². The minimum Gasteiger partial charge on any atom is -0.277 e. The number of carbonyl (C=O) groups is 1. The first-order chi connectivity index (χ1) is 12.3. The molecule has 138 valence electrons. The van der Waals surface area contributed by atoms with Crippen LogP contribution in [0.15, 0.2) is 35.4 Å². The molecule has 0 saturated heterocycles. The van der Waals surface area contributed by atoms with Crippen molar-refractivity contribution in [3.63, 3.8) is 0 Å². The van der Waals surface area contributed by atoms with E-state index < -0.39 is 0 Å². The van der Waals surface area contributed by atoms with Gasteiger partial charge in [0.25, 0.3) is 0 Å². The molecule has 0 spiro atoms. The van der Waals surface area contributed by atoms with Gasteiger partial charge in [0.05, 0.1) is 5.71 Å². The van der Waals surface area contributed by atoms with Crippen LogP contribution in [0.25, 0.3) is 0 Å². The molecule has 0 aromatic heterocycles. The lowest BCUT2D eigenvalue weighted by molar-refractivity contribution is -0.118. The molecule has 1 aliphatic rings. The van der Waals surface area contributed by atoms with E-state index in [1.54, 1.807) is 5.01 Å². The standard InChI is InChI=1S/C22H34N2O/c1-2-3-4-5-6-13-18-24(19-25)23-22(20-14-9-7-10-15-20)21-16-11-8-12-17-21/h7,9-10,14-15,19,21H,2-6,8,11-13,16-18H2,1H3/b23-22+. The molecular weight excluding hydrogens is 308 g/mol. The summed E-state index contributed by atoms with van der Waals surface area (Å²) in [6.45, 7) is 2.97. The van der Waals surface area contributed by atoms with Crippen LogP contribution in [0.2, 0.25) is 0 Å². The lowest BCUT2D eigenvalue weighted by Gasteiger charge is -2.25. The largest absolute Gasteiger partial charge is 0.277 e. The van der Waals surface area contributed by atoms with Gasteiger partial charge in [0.2, 0.25) is 6.41 Å². The summed E-state index contributed by atoms with van der Waals surface area (Å²) in [4.78, 5) is 11.5. The minimum absolute atomic E-state index is 0.489. The SMILES string of the molecule is CCCCCCCCN(C=O)/N=C(\c1ccccc1)C1CCCCC1. The van der Waals surface area contributed by atoms with Gasteiger partial charge in [-0.15, -0.1) is 0 Å². The average molecular weight is 343 g/mol. The van der Waals surface area contributed by atoms with Crippen molar-refractivity contribution in [2.24, 2.45) is 11.0 Å². The Kier molecular flexibility index (Phi) is 9.32. The second-order valence-electron chi connectivity index (χ2n) is 7.22. The molecule has 0 aliphatic heterocycles. The fourth-order valence-electron chi connectivity index (χ4n) is 3.68. The third kappa shape index (κ3) is 7.01. The highest BCUT2D eigenvalue weighted by molar-refractivity contribution is 6.02. The third-order valence-electron chi connectivity index (χ3n) is 5.16. The highest BCUT2D eigenvalue weighted by Gasteiger charge is 2.21. The molecule has 1 fully saturated rings. The fourth-order valence-corrected chi connectivity index (χ4v) is 3.68. The Hall–Kier alpha value is -1.64. The van der Waals surface area contributed by atoms with Crippen LogP contribution in [0.5, 0.6) is 0 Å². The average Bonchev–Trinajstić information content (AvgIpc) is 2.68. The van der Waals surface area contributed by atoms with Crippen LogP contribution in [-0.4, -0.2) is 23.7 Å². The first-order valence-electron chi connectivity index (χ1n) is 10.2. The summed E-state index contributed by atoms with van der Waals surface area (Å²) in [7, 11) is 0. The van der Waals surface area contributed by atoms with E-state index in [2.05, 4.69) is 31.2 Å². The molecule has 1 aromatic rings. The van der Waals surface area contributed by atoms with Crippen molar-refractivity contribution in [3.8, 4) is 0 Å². The Balaban J connectivity index is 1.99. The number of hydrogen-bond acceptors (Lipinski definition) is 2. The summed E-state index contributed by atoms with van der Waals surface area (Å²) in [6, 6.07) is 10.4. The highest BCUT2D eigenvalue weighted by atomic mass is 16.1. The number of rotatable bonds is 11. The molecule has 25 heavy (non-hydrogen) atoms.